The van der Waals surface area contributed by atoms with E-state index in [2.05, 4.69) is 134 Å². The van der Waals surface area contributed by atoms with Crippen molar-refractivity contribution in [3.8, 4) is 34.0 Å². The molecular weight excluding hydrogens is 541 g/mol. The van der Waals surface area contributed by atoms with Gasteiger partial charge in [0.05, 0.1) is 28.4 Å². The summed E-state index contributed by atoms with van der Waals surface area (Å²) < 4.78 is 4.90. The van der Waals surface area contributed by atoms with E-state index in [9.17, 15) is 5.26 Å². The van der Waals surface area contributed by atoms with E-state index < -0.39 is 0 Å². The summed E-state index contributed by atoms with van der Waals surface area (Å²) >= 11 is 1.86. The fourth-order valence-corrected chi connectivity index (χ4v) is 8.54. The maximum absolute atomic E-state index is 10.4. The number of nitrogens with zero attached hydrogens (tertiary/aromatic N) is 2. The molecule has 0 saturated carbocycles. The van der Waals surface area contributed by atoms with Crippen molar-refractivity contribution in [2.24, 2.45) is 0 Å². The van der Waals surface area contributed by atoms with Gasteiger partial charge in [0.15, 0.2) is 0 Å². The summed E-state index contributed by atoms with van der Waals surface area (Å²) in [6.07, 6.45) is 0. The maximum Gasteiger partial charge on any atom is 0.0998 e. The van der Waals surface area contributed by atoms with Gasteiger partial charge in [0.2, 0.25) is 0 Å². The van der Waals surface area contributed by atoms with Crippen LogP contribution in [0.15, 0.2) is 121 Å². The molecule has 2 heterocycles. The van der Waals surface area contributed by atoms with Crippen molar-refractivity contribution in [3.63, 3.8) is 0 Å². The molecule has 2 aromatic heterocycles. The number of benzene rings is 6. The van der Waals surface area contributed by atoms with Crippen LogP contribution in [0.4, 0.5) is 0 Å². The molecule has 1 aliphatic carbocycles. The molecule has 0 radical (unpaired) electrons. The van der Waals surface area contributed by atoms with E-state index >= 15 is 0 Å². The summed E-state index contributed by atoms with van der Waals surface area (Å²) in [7, 11) is 0. The average Bonchev–Trinajstić information content (AvgIpc) is 3.65. The van der Waals surface area contributed by atoms with Crippen molar-refractivity contribution in [1.82, 2.24) is 4.57 Å². The van der Waals surface area contributed by atoms with Crippen LogP contribution in [-0.2, 0) is 5.41 Å². The first-order chi connectivity index (χ1) is 21.0. The average molecular weight is 567 g/mol. The zero-order chi connectivity index (χ0) is 28.9. The minimum Gasteiger partial charge on any atom is -0.309 e. The van der Waals surface area contributed by atoms with Crippen molar-refractivity contribution in [2.45, 2.75) is 19.3 Å². The predicted octanol–water partition coefficient (Wildman–Crippen LogP) is 11.0. The first-order valence-corrected chi connectivity index (χ1v) is 15.5. The lowest BCUT2D eigenvalue weighted by atomic mass is 9.82. The Balaban J connectivity index is 1.33. The van der Waals surface area contributed by atoms with Gasteiger partial charge in [-0.1, -0.05) is 86.6 Å². The fourth-order valence-electron chi connectivity index (χ4n) is 7.43. The quantitative estimate of drug-likeness (QED) is 0.205. The number of rotatable bonds is 2. The van der Waals surface area contributed by atoms with E-state index in [1.165, 1.54) is 53.2 Å². The third kappa shape index (κ3) is 3.27. The van der Waals surface area contributed by atoms with E-state index in [1.54, 1.807) is 0 Å². The van der Waals surface area contributed by atoms with Gasteiger partial charge in [0, 0.05) is 41.9 Å². The van der Waals surface area contributed by atoms with Crippen molar-refractivity contribution in [1.29, 1.82) is 5.26 Å². The van der Waals surface area contributed by atoms with Gasteiger partial charge >= 0.3 is 0 Å². The van der Waals surface area contributed by atoms with Crippen LogP contribution in [-0.4, -0.2) is 4.57 Å². The Labute approximate surface area is 253 Å². The third-order valence-electron chi connectivity index (χ3n) is 9.45. The Morgan fingerprint density at radius 2 is 1.30 bits per heavy atom. The molecule has 43 heavy (non-hydrogen) atoms. The topological polar surface area (TPSA) is 28.7 Å². The van der Waals surface area contributed by atoms with E-state index in [-0.39, 0.29) is 5.41 Å². The van der Waals surface area contributed by atoms with E-state index in [0.29, 0.717) is 5.56 Å². The Morgan fingerprint density at radius 3 is 2.07 bits per heavy atom. The Kier molecular flexibility index (Phi) is 4.93. The maximum atomic E-state index is 10.4. The Hall–Kier alpha value is -5.17. The summed E-state index contributed by atoms with van der Waals surface area (Å²) in [5, 5.41) is 15.3. The monoisotopic (exact) mass is 566 g/mol. The Morgan fingerprint density at radius 1 is 0.605 bits per heavy atom. The summed E-state index contributed by atoms with van der Waals surface area (Å²) in [6, 6.07) is 46.1. The van der Waals surface area contributed by atoms with Gasteiger partial charge in [0.25, 0.3) is 0 Å². The fraction of sp³-hybridized carbons (Fsp3) is 0.0750. The molecular formula is C40H26N2S. The first-order valence-electron chi connectivity index (χ1n) is 14.7. The van der Waals surface area contributed by atoms with Crippen LogP contribution >= 0.6 is 11.3 Å². The number of nitriles is 1. The number of hydrogen-bond acceptors (Lipinski definition) is 2. The lowest BCUT2D eigenvalue weighted by Crippen LogP contribution is -2.14. The second-order valence-electron chi connectivity index (χ2n) is 12.1. The second kappa shape index (κ2) is 8.67. The molecule has 0 amide bonds. The number of thiophene rings is 1. The molecule has 1 aliphatic rings. The van der Waals surface area contributed by atoms with Crippen molar-refractivity contribution in [2.75, 3.05) is 0 Å². The largest absolute Gasteiger partial charge is 0.309 e. The number of fused-ring (bicyclic) bond motifs is 9. The lowest BCUT2D eigenvalue weighted by Gasteiger charge is -2.21. The highest BCUT2D eigenvalue weighted by Gasteiger charge is 2.35. The van der Waals surface area contributed by atoms with Gasteiger partial charge in [0.1, 0.15) is 0 Å². The molecule has 0 bridgehead atoms. The smallest absolute Gasteiger partial charge is 0.0998 e. The SMILES string of the molecule is CC1(C)c2ccccc2-c2cc3c(cc21)sc1ccc(-c2c(C#N)cccc2-n2c4ccccc4c4ccccc42)cc13. The standard InChI is InChI=1S/C40H26N2S/c1-40(2)32-14-6-3-11-26(32)29-21-31-30-20-24(18-19-37(30)43-38(31)22-33(29)40)39-25(23-41)10-9-17-36(39)42-34-15-7-4-12-27(34)28-13-5-8-16-35(28)42/h3-22H,1-2H3. The third-order valence-corrected chi connectivity index (χ3v) is 10.6. The molecule has 2 nitrogen and oxygen atoms in total. The van der Waals surface area contributed by atoms with Gasteiger partial charge < -0.3 is 4.57 Å². The van der Waals surface area contributed by atoms with Crippen LogP contribution in [0.1, 0.15) is 30.5 Å². The molecule has 9 rings (SSSR count). The van der Waals surface area contributed by atoms with Crippen LogP contribution in [0.3, 0.4) is 0 Å². The zero-order valence-electron chi connectivity index (χ0n) is 23.8. The van der Waals surface area contributed by atoms with Gasteiger partial charge in [-0.25, -0.2) is 0 Å². The van der Waals surface area contributed by atoms with Gasteiger partial charge in [-0.3, -0.25) is 0 Å². The highest BCUT2D eigenvalue weighted by Crippen LogP contribution is 2.51. The van der Waals surface area contributed by atoms with E-state index in [4.69, 9.17) is 0 Å². The van der Waals surface area contributed by atoms with Crippen molar-refractivity contribution >= 4 is 53.3 Å². The molecule has 8 aromatic rings. The number of aromatic nitrogens is 1. The van der Waals surface area contributed by atoms with Gasteiger partial charge in [-0.15, -0.1) is 11.3 Å². The van der Waals surface area contributed by atoms with Crippen LogP contribution in [0.2, 0.25) is 0 Å². The van der Waals surface area contributed by atoms with Crippen LogP contribution in [0, 0.1) is 11.3 Å². The summed E-state index contributed by atoms with van der Waals surface area (Å²) in [5.41, 5.74) is 11.4. The van der Waals surface area contributed by atoms with E-state index in [1.807, 2.05) is 23.5 Å². The number of hydrogen-bond donors (Lipinski definition) is 0. The van der Waals surface area contributed by atoms with Crippen LogP contribution in [0.25, 0.3) is 69.9 Å². The summed E-state index contributed by atoms with van der Waals surface area (Å²) in [4.78, 5) is 0. The lowest BCUT2D eigenvalue weighted by molar-refractivity contribution is 0.661. The highest BCUT2D eigenvalue weighted by molar-refractivity contribution is 7.25. The Bertz CT molecular complexity index is 2450. The molecule has 0 spiro atoms. The molecule has 3 heteroatoms. The normalized spacial score (nSPS) is 13.5. The predicted molar refractivity (Wildman–Crippen MR) is 181 cm³/mol. The summed E-state index contributed by atoms with van der Waals surface area (Å²) in [5.74, 6) is 0. The van der Waals surface area contributed by atoms with Crippen LogP contribution in [0.5, 0.6) is 0 Å². The molecule has 6 aromatic carbocycles. The summed E-state index contributed by atoms with van der Waals surface area (Å²) in [6.45, 7) is 4.67. The molecule has 202 valence electrons. The van der Waals surface area contributed by atoms with Gasteiger partial charge in [-0.2, -0.15) is 5.26 Å². The molecule has 0 saturated heterocycles. The molecule has 0 fully saturated rings. The molecule has 0 atom stereocenters. The van der Waals surface area contributed by atoms with Gasteiger partial charge in [-0.05, 0) is 76.3 Å². The van der Waals surface area contributed by atoms with Crippen molar-refractivity contribution in [3.05, 3.63) is 138 Å². The second-order valence-corrected chi connectivity index (χ2v) is 13.1. The van der Waals surface area contributed by atoms with Crippen LogP contribution < -0.4 is 0 Å². The highest BCUT2D eigenvalue weighted by atomic mass is 32.1. The van der Waals surface area contributed by atoms with Crippen molar-refractivity contribution < 1.29 is 0 Å². The zero-order valence-corrected chi connectivity index (χ0v) is 24.7. The minimum atomic E-state index is -0.0234. The number of para-hydroxylation sites is 2. The first kappa shape index (κ1) is 24.4. The minimum absolute atomic E-state index is 0.0234. The molecule has 0 aliphatic heterocycles. The van der Waals surface area contributed by atoms with E-state index in [0.717, 1.165) is 27.8 Å². The molecule has 0 N–H and O–H groups in total. The molecule has 0 unspecified atom stereocenters.